The highest BCUT2D eigenvalue weighted by Gasteiger charge is 2.32. The first-order chi connectivity index (χ1) is 9.81. The molecule has 1 aromatic carbocycles. The molecule has 2 aromatic rings. The maximum atomic E-state index is 12.9. The lowest BCUT2D eigenvalue weighted by atomic mass is 10.0. The summed E-state index contributed by atoms with van der Waals surface area (Å²) >= 11 is 0. The van der Waals surface area contributed by atoms with Gasteiger partial charge in [-0.15, -0.1) is 0 Å². The van der Waals surface area contributed by atoms with Crippen molar-refractivity contribution >= 4 is 0 Å². The molecule has 0 bridgehead atoms. The molecule has 1 unspecified atom stereocenters. The van der Waals surface area contributed by atoms with Gasteiger partial charge in [0.25, 0.3) is 0 Å². The molecule has 0 aliphatic carbocycles. The van der Waals surface area contributed by atoms with Gasteiger partial charge in [0.05, 0.1) is 5.56 Å². The monoisotopic (exact) mass is 297 g/mol. The van der Waals surface area contributed by atoms with E-state index in [1.165, 1.54) is 13.0 Å². The lowest BCUT2D eigenvalue weighted by molar-refractivity contribution is -0.138. The van der Waals surface area contributed by atoms with Crippen molar-refractivity contribution in [2.24, 2.45) is 0 Å². The van der Waals surface area contributed by atoms with Gasteiger partial charge < -0.3 is 9.73 Å². The summed E-state index contributed by atoms with van der Waals surface area (Å²) in [5.74, 6) is 1.21. The van der Waals surface area contributed by atoms with Crippen molar-refractivity contribution in [2.75, 3.05) is 7.05 Å². The number of aryl methyl sites for hydroxylation is 1. The zero-order chi connectivity index (χ0) is 15.6. The molecule has 0 saturated carbocycles. The summed E-state index contributed by atoms with van der Waals surface area (Å²) in [4.78, 5) is 0. The largest absolute Gasteiger partial charge is 0.461 e. The number of alkyl halides is 3. The molecule has 1 atom stereocenters. The van der Waals surface area contributed by atoms with Crippen molar-refractivity contribution in [3.05, 3.63) is 47.2 Å². The molecule has 0 aliphatic rings. The molecule has 1 heterocycles. The van der Waals surface area contributed by atoms with Crippen LogP contribution in [0.5, 0.6) is 0 Å². The Bertz CT molecular complexity index is 616. The number of halogens is 3. The van der Waals surface area contributed by atoms with Gasteiger partial charge in [-0.25, -0.2) is 0 Å². The van der Waals surface area contributed by atoms with Crippen molar-refractivity contribution in [1.29, 1.82) is 0 Å². The summed E-state index contributed by atoms with van der Waals surface area (Å²) in [6, 6.07) is 8.01. The van der Waals surface area contributed by atoms with Gasteiger partial charge in [0, 0.05) is 18.0 Å². The first-order valence-corrected chi connectivity index (χ1v) is 6.75. The van der Waals surface area contributed by atoms with Gasteiger partial charge in [0.15, 0.2) is 0 Å². The lowest BCUT2D eigenvalue weighted by Gasteiger charge is -2.11. The first-order valence-electron chi connectivity index (χ1n) is 6.75. The van der Waals surface area contributed by atoms with Gasteiger partial charge in [-0.3, -0.25) is 0 Å². The van der Waals surface area contributed by atoms with Crippen LogP contribution in [-0.4, -0.2) is 13.1 Å². The van der Waals surface area contributed by atoms with Crippen LogP contribution in [-0.2, 0) is 12.6 Å². The fraction of sp³-hybridized carbons (Fsp3) is 0.375. The predicted octanol–water partition coefficient (Wildman–Crippen LogP) is 4.42. The smallest absolute Gasteiger partial charge is 0.416 e. The average Bonchev–Trinajstić information content (AvgIpc) is 2.86. The van der Waals surface area contributed by atoms with Crippen LogP contribution in [0.2, 0.25) is 0 Å². The van der Waals surface area contributed by atoms with Crippen molar-refractivity contribution < 1.29 is 17.6 Å². The normalized spacial score (nSPS) is 13.4. The molecule has 0 aliphatic heterocycles. The van der Waals surface area contributed by atoms with Gasteiger partial charge in [-0.05, 0) is 44.7 Å². The second-order valence-corrected chi connectivity index (χ2v) is 5.19. The molecule has 2 rings (SSSR count). The van der Waals surface area contributed by atoms with Crippen molar-refractivity contribution in [3.8, 4) is 11.3 Å². The summed E-state index contributed by atoms with van der Waals surface area (Å²) < 4.78 is 44.4. The van der Waals surface area contributed by atoms with E-state index >= 15 is 0 Å². The molecule has 0 radical (unpaired) electrons. The van der Waals surface area contributed by atoms with E-state index in [4.69, 9.17) is 4.42 Å². The van der Waals surface area contributed by atoms with Gasteiger partial charge >= 0.3 is 6.18 Å². The van der Waals surface area contributed by atoms with Crippen LogP contribution in [0, 0.1) is 6.92 Å². The summed E-state index contributed by atoms with van der Waals surface area (Å²) in [6.45, 7) is 3.46. The van der Waals surface area contributed by atoms with E-state index in [1.807, 2.05) is 14.0 Å². The third-order valence-corrected chi connectivity index (χ3v) is 3.49. The number of furan rings is 1. The third kappa shape index (κ3) is 3.67. The number of nitrogens with one attached hydrogen (secondary N) is 1. The Hall–Kier alpha value is -1.75. The van der Waals surface area contributed by atoms with Crippen LogP contribution in [0.1, 0.15) is 23.8 Å². The molecule has 114 valence electrons. The SMILES string of the molecule is CNC(C)Cc1ccc(-c2ccc(C)c(C(F)(F)F)c2)o1. The van der Waals surface area contributed by atoms with Gasteiger partial charge in [-0.2, -0.15) is 13.2 Å². The molecule has 2 nitrogen and oxygen atoms in total. The minimum atomic E-state index is -4.35. The Morgan fingerprint density at radius 2 is 1.90 bits per heavy atom. The van der Waals surface area contributed by atoms with E-state index < -0.39 is 11.7 Å². The molecule has 5 heteroatoms. The summed E-state index contributed by atoms with van der Waals surface area (Å²) in [7, 11) is 1.85. The van der Waals surface area contributed by atoms with Gasteiger partial charge in [-0.1, -0.05) is 12.1 Å². The van der Waals surface area contributed by atoms with Crippen LogP contribution in [0.4, 0.5) is 13.2 Å². The van der Waals surface area contributed by atoms with Crippen LogP contribution in [0.25, 0.3) is 11.3 Å². The fourth-order valence-corrected chi connectivity index (χ4v) is 2.13. The molecule has 0 amide bonds. The maximum absolute atomic E-state index is 12.9. The fourth-order valence-electron chi connectivity index (χ4n) is 2.13. The van der Waals surface area contributed by atoms with Crippen molar-refractivity contribution in [2.45, 2.75) is 32.5 Å². The van der Waals surface area contributed by atoms with Crippen molar-refractivity contribution in [3.63, 3.8) is 0 Å². The zero-order valence-corrected chi connectivity index (χ0v) is 12.2. The third-order valence-electron chi connectivity index (χ3n) is 3.49. The van der Waals surface area contributed by atoms with E-state index in [0.29, 0.717) is 17.7 Å². The van der Waals surface area contributed by atoms with Crippen LogP contribution < -0.4 is 5.32 Å². The second-order valence-electron chi connectivity index (χ2n) is 5.19. The molecular formula is C16H18F3NO. The maximum Gasteiger partial charge on any atom is 0.416 e. The lowest BCUT2D eigenvalue weighted by Crippen LogP contribution is -2.23. The van der Waals surface area contributed by atoms with E-state index in [9.17, 15) is 13.2 Å². The molecule has 0 spiro atoms. The zero-order valence-electron chi connectivity index (χ0n) is 12.2. The van der Waals surface area contributed by atoms with E-state index in [-0.39, 0.29) is 11.6 Å². The molecular weight excluding hydrogens is 279 g/mol. The Labute approximate surface area is 122 Å². The van der Waals surface area contributed by atoms with Gasteiger partial charge in [0.1, 0.15) is 11.5 Å². The molecule has 0 fully saturated rings. The Morgan fingerprint density at radius 3 is 2.52 bits per heavy atom. The average molecular weight is 297 g/mol. The van der Waals surface area contributed by atoms with E-state index in [2.05, 4.69) is 5.32 Å². The number of rotatable bonds is 4. The molecule has 0 saturated heterocycles. The molecule has 1 N–H and O–H groups in total. The van der Waals surface area contributed by atoms with Crippen LogP contribution >= 0.6 is 0 Å². The second kappa shape index (κ2) is 5.93. The summed E-state index contributed by atoms with van der Waals surface area (Å²) in [5.41, 5.74) is 0.0275. The summed E-state index contributed by atoms with van der Waals surface area (Å²) in [6.07, 6.45) is -3.66. The molecule has 21 heavy (non-hydrogen) atoms. The number of benzene rings is 1. The number of hydrogen-bond donors (Lipinski definition) is 1. The van der Waals surface area contributed by atoms with Crippen molar-refractivity contribution in [1.82, 2.24) is 5.32 Å². The van der Waals surface area contributed by atoms with Gasteiger partial charge in [0.2, 0.25) is 0 Å². The molecule has 1 aromatic heterocycles. The Morgan fingerprint density at radius 1 is 1.19 bits per heavy atom. The number of likely N-dealkylation sites (N-methyl/N-ethyl adjacent to an activating group) is 1. The quantitative estimate of drug-likeness (QED) is 0.903. The standard InChI is InChI=1S/C16H18F3NO/c1-10-4-5-12(9-14(10)16(17,18)19)15-7-6-13(21-15)8-11(2)20-3/h4-7,9,11,20H,8H2,1-3H3. The van der Waals surface area contributed by atoms with E-state index in [1.54, 1.807) is 18.2 Å². The highest BCUT2D eigenvalue weighted by atomic mass is 19.4. The van der Waals surface area contributed by atoms with Crippen LogP contribution in [0.15, 0.2) is 34.7 Å². The Balaban J connectivity index is 2.31. The minimum absolute atomic E-state index is 0.210. The van der Waals surface area contributed by atoms with E-state index in [0.717, 1.165) is 11.8 Å². The number of hydrogen-bond acceptors (Lipinski definition) is 2. The topological polar surface area (TPSA) is 25.2 Å². The first kappa shape index (κ1) is 15.6. The summed E-state index contributed by atoms with van der Waals surface area (Å²) in [5, 5.41) is 3.09. The highest BCUT2D eigenvalue weighted by Crippen LogP contribution is 2.35. The predicted molar refractivity (Wildman–Crippen MR) is 76.1 cm³/mol. The Kier molecular flexibility index (Phi) is 4.42. The van der Waals surface area contributed by atoms with Crippen LogP contribution in [0.3, 0.4) is 0 Å². The highest BCUT2D eigenvalue weighted by molar-refractivity contribution is 5.60. The minimum Gasteiger partial charge on any atom is -0.461 e.